The van der Waals surface area contributed by atoms with Gasteiger partial charge in [-0.2, -0.15) is 10.2 Å². The van der Waals surface area contributed by atoms with Crippen LogP contribution in [0.5, 0.6) is 0 Å². The van der Waals surface area contributed by atoms with Crippen LogP contribution in [0.1, 0.15) is 17.2 Å². The lowest BCUT2D eigenvalue weighted by Gasteiger charge is -2.07. The van der Waals surface area contributed by atoms with Gasteiger partial charge in [0.15, 0.2) is 17.3 Å². The number of aromatic nitrogens is 6. The highest BCUT2D eigenvalue weighted by Gasteiger charge is 2.12. The smallest absolute Gasteiger partial charge is 0.163 e. The molecule has 0 aliphatic carbocycles. The summed E-state index contributed by atoms with van der Waals surface area (Å²) in [6, 6.07) is 2.02. The summed E-state index contributed by atoms with van der Waals surface area (Å²) < 4.78 is 3.57. The third kappa shape index (κ3) is 1.99. The van der Waals surface area contributed by atoms with E-state index >= 15 is 0 Å². The lowest BCUT2D eigenvalue weighted by molar-refractivity contribution is 0.632. The minimum Gasteiger partial charge on any atom is -0.308 e. The van der Waals surface area contributed by atoms with Crippen LogP contribution in [0, 0.1) is 13.8 Å². The van der Waals surface area contributed by atoms with E-state index in [9.17, 15) is 0 Å². The quantitative estimate of drug-likeness (QED) is 0.532. The van der Waals surface area contributed by atoms with Crippen molar-refractivity contribution in [1.29, 1.82) is 0 Å². The molecule has 3 rings (SSSR count). The van der Waals surface area contributed by atoms with E-state index in [0.29, 0.717) is 18.2 Å². The van der Waals surface area contributed by atoms with Crippen molar-refractivity contribution >= 4 is 16.9 Å². The molecule has 3 aromatic heterocycles. The van der Waals surface area contributed by atoms with Crippen LogP contribution in [0.15, 0.2) is 12.3 Å². The molecule has 0 saturated heterocycles. The maximum Gasteiger partial charge on any atom is 0.163 e. The average molecular weight is 272 g/mol. The molecule has 3 N–H and O–H groups in total. The van der Waals surface area contributed by atoms with Crippen molar-refractivity contribution in [2.24, 2.45) is 12.9 Å². The van der Waals surface area contributed by atoms with Crippen LogP contribution >= 0.6 is 0 Å². The number of nitrogens with one attached hydrogen (secondary N) is 1. The fraction of sp³-hybridized carbons (Fsp3) is 0.333. The van der Waals surface area contributed by atoms with Crippen LogP contribution in [-0.2, 0) is 13.6 Å². The van der Waals surface area contributed by atoms with Gasteiger partial charge < -0.3 is 5.43 Å². The summed E-state index contributed by atoms with van der Waals surface area (Å²) in [7, 11) is 1.84. The van der Waals surface area contributed by atoms with E-state index < -0.39 is 0 Å². The third-order valence-corrected chi connectivity index (χ3v) is 3.17. The molecule has 0 spiro atoms. The molecule has 3 heterocycles. The van der Waals surface area contributed by atoms with Crippen molar-refractivity contribution in [3.63, 3.8) is 0 Å². The SMILES string of the molecule is Cc1cc(C)n(Cc2nc(NN)c3cnn(C)c3n2)n1. The van der Waals surface area contributed by atoms with Gasteiger partial charge in [0.05, 0.1) is 17.3 Å². The van der Waals surface area contributed by atoms with Gasteiger partial charge in [-0.1, -0.05) is 0 Å². The van der Waals surface area contributed by atoms with E-state index in [4.69, 9.17) is 5.84 Å². The molecule has 3 aromatic rings. The molecule has 8 heteroatoms. The molecule has 0 aliphatic rings. The lowest BCUT2D eigenvalue weighted by atomic mass is 10.3. The number of nitrogens with two attached hydrogens (primary N) is 1. The zero-order chi connectivity index (χ0) is 14.3. The van der Waals surface area contributed by atoms with Gasteiger partial charge in [0.25, 0.3) is 0 Å². The Balaban J connectivity index is 2.07. The van der Waals surface area contributed by atoms with E-state index in [0.717, 1.165) is 22.4 Å². The second-order valence-corrected chi connectivity index (χ2v) is 4.72. The molecule has 20 heavy (non-hydrogen) atoms. The molecule has 0 fully saturated rings. The number of anilines is 1. The minimum absolute atomic E-state index is 0.496. The van der Waals surface area contributed by atoms with Crippen LogP contribution in [0.4, 0.5) is 5.82 Å². The van der Waals surface area contributed by atoms with E-state index in [1.165, 1.54) is 0 Å². The Bertz CT molecular complexity index is 769. The summed E-state index contributed by atoms with van der Waals surface area (Å²) in [5.41, 5.74) is 5.38. The van der Waals surface area contributed by atoms with E-state index in [-0.39, 0.29) is 0 Å². The molecular formula is C12H16N8. The molecule has 8 nitrogen and oxygen atoms in total. The summed E-state index contributed by atoms with van der Waals surface area (Å²) in [5.74, 6) is 6.73. The summed E-state index contributed by atoms with van der Waals surface area (Å²) in [4.78, 5) is 8.94. The zero-order valence-electron chi connectivity index (χ0n) is 11.6. The van der Waals surface area contributed by atoms with Crippen molar-refractivity contribution in [3.05, 3.63) is 29.5 Å². The Morgan fingerprint density at radius 3 is 2.75 bits per heavy atom. The second kappa shape index (κ2) is 4.57. The number of nitrogen functional groups attached to an aromatic ring is 1. The fourth-order valence-corrected chi connectivity index (χ4v) is 2.22. The first-order chi connectivity index (χ1) is 9.58. The normalized spacial score (nSPS) is 11.2. The van der Waals surface area contributed by atoms with Gasteiger partial charge in [-0.15, -0.1) is 0 Å². The maximum atomic E-state index is 5.52. The Labute approximate surface area is 115 Å². The zero-order valence-corrected chi connectivity index (χ0v) is 11.6. The molecule has 0 saturated carbocycles. The van der Waals surface area contributed by atoms with Crippen molar-refractivity contribution < 1.29 is 0 Å². The lowest BCUT2D eigenvalue weighted by Crippen LogP contribution is -2.14. The fourth-order valence-electron chi connectivity index (χ4n) is 2.22. The number of rotatable bonds is 3. The first kappa shape index (κ1) is 12.5. The van der Waals surface area contributed by atoms with Gasteiger partial charge >= 0.3 is 0 Å². The predicted octanol–water partition coefficient (Wildman–Crippen LogP) is 0.511. The van der Waals surface area contributed by atoms with Crippen LogP contribution in [-0.4, -0.2) is 29.5 Å². The Morgan fingerprint density at radius 1 is 1.30 bits per heavy atom. The van der Waals surface area contributed by atoms with E-state index in [1.54, 1.807) is 10.9 Å². The molecule has 0 amide bonds. The van der Waals surface area contributed by atoms with Crippen LogP contribution in [0.25, 0.3) is 11.0 Å². The second-order valence-electron chi connectivity index (χ2n) is 4.72. The molecule has 0 radical (unpaired) electrons. The van der Waals surface area contributed by atoms with Crippen molar-refractivity contribution in [1.82, 2.24) is 29.5 Å². The van der Waals surface area contributed by atoms with Gasteiger partial charge in [0.2, 0.25) is 0 Å². The first-order valence-electron chi connectivity index (χ1n) is 6.25. The van der Waals surface area contributed by atoms with Crippen molar-refractivity contribution in [2.45, 2.75) is 20.4 Å². The topological polar surface area (TPSA) is 99.5 Å². The predicted molar refractivity (Wildman–Crippen MR) is 74.9 cm³/mol. The summed E-state index contributed by atoms with van der Waals surface area (Å²) in [6.45, 7) is 4.46. The van der Waals surface area contributed by atoms with Gasteiger partial charge in [-0.3, -0.25) is 9.36 Å². The number of nitrogens with zero attached hydrogens (tertiary/aromatic N) is 6. The van der Waals surface area contributed by atoms with Crippen molar-refractivity contribution in [2.75, 3.05) is 5.43 Å². The molecule has 0 aliphatic heterocycles. The number of aryl methyl sites for hydroxylation is 3. The molecule has 0 unspecified atom stereocenters. The standard InChI is InChI=1S/C12H16N8/c1-7-4-8(2)20(18-7)6-10-15-11(17-13)9-5-14-19(3)12(9)16-10/h4-5H,6,13H2,1-3H3,(H,15,16,17). The van der Waals surface area contributed by atoms with Crippen LogP contribution in [0.2, 0.25) is 0 Å². The van der Waals surface area contributed by atoms with Crippen molar-refractivity contribution in [3.8, 4) is 0 Å². The van der Waals surface area contributed by atoms with E-state index in [1.807, 2.05) is 31.6 Å². The summed E-state index contributed by atoms with van der Waals surface area (Å²) >= 11 is 0. The van der Waals surface area contributed by atoms with Gasteiger partial charge in [0.1, 0.15) is 6.54 Å². The molecule has 0 atom stereocenters. The highest BCUT2D eigenvalue weighted by atomic mass is 15.3. The van der Waals surface area contributed by atoms with Gasteiger partial charge in [-0.25, -0.2) is 15.8 Å². The average Bonchev–Trinajstić information content (AvgIpc) is 2.93. The Morgan fingerprint density at radius 2 is 2.10 bits per heavy atom. The van der Waals surface area contributed by atoms with E-state index in [2.05, 4.69) is 25.6 Å². The first-order valence-corrected chi connectivity index (χ1v) is 6.25. The number of hydrogen-bond donors (Lipinski definition) is 2. The summed E-state index contributed by atoms with van der Waals surface area (Å²) in [6.07, 6.45) is 1.69. The molecular weight excluding hydrogens is 256 g/mol. The monoisotopic (exact) mass is 272 g/mol. The number of hydrazine groups is 1. The largest absolute Gasteiger partial charge is 0.308 e. The van der Waals surface area contributed by atoms with Gasteiger partial charge in [0, 0.05) is 12.7 Å². The third-order valence-electron chi connectivity index (χ3n) is 3.17. The highest BCUT2D eigenvalue weighted by Crippen LogP contribution is 2.19. The Kier molecular flexibility index (Phi) is 2.87. The van der Waals surface area contributed by atoms with Crippen LogP contribution < -0.4 is 11.3 Å². The maximum absolute atomic E-state index is 5.52. The minimum atomic E-state index is 0.496. The molecule has 104 valence electrons. The summed E-state index contributed by atoms with van der Waals surface area (Å²) in [5, 5.41) is 9.38. The number of fused-ring (bicyclic) bond motifs is 1. The van der Waals surface area contributed by atoms with Crippen LogP contribution in [0.3, 0.4) is 0 Å². The number of hydrogen-bond acceptors (Lipinski definition) is 6. The molecule has 0 aromatic carbocycles. The Hall–Kier alpha value is -2.48. The highest BCUT2D eigenvalue weighted by molar-refractivity contribution is 5.86. The molecule has 0 bridgehead atoms. The van der Waals surface area contributed by atoms with Gasteiger partial charge in [-0.05, 0) is 19.9 Å².